The predicted molar refractivity (Wildman–Crippen MR) is 78.0 cm³/mol. The number of hydrogen-bond donors (Lipinski definition) is 1. The van der Waals surface area contributed by atoms with Crippen LogP contribution in [0.3, 0.4) is 0 Å². The van der Waals surface area contributed by atoms with Crippen molar-refractivity contribution in [3.63, 3.8) is 0 Å². The third-order valence-electron chi connectivity index (χ3n) is 3.10. The van der Waals surface area contributed by atoms with Gasteiger partial charge in [0.2, 0.25) is 0 Å². The molecule has 0 radical (unpaired) electrons. The number of thiocarbonyl (C=S) groups is 1. The molecule has 0 heterocycles. The smallest absolute Gasteiger partial charge is 0.131 e. The summed E-state index contributed by atoms with van der Waals surface area (Å²) in [5, 5.41) is 0. The maximum atomic E-state index is 13.9. The van der Waals surface area contributed by atoms with Gasteiger partial charge in [-0.15, -0.1) is 0 Å². The molecule has 1 aromatic carbocycles. The first kappa shape index (κ1) is 16.0. The average Bonchev–Trinajstić information content (AvgIpc) is 2.35. The van der Waals surface area contributed by atoms with E-state index in [1.165, 1.54) is 12.1 Å². The predicted octanol–water partition coefficient (Wildman–Crippen LogP) is 3.41. The number of likely N-dealkylation sites (N-methyl/N-ethyl adjacent to an activating group) is 1. The minimum absolute atomic E-state index is 0.212. The van der Waals surface area contributed by atoms with Crippen LogP contribution in [-0.2, 0) is 0 Å². The van der Waals surface area contributed by atoms with Gasteiger partial charge in [-0.2, -0.15) is 0 Å². The van der Waals surface area contributed by atoms with Crippen LogP contribution in [0.1, 0.15) is 38.3 Å². The van der Waals surface area contributed by atoms with Crippen molar-refractivity contribution >= 4 is 17.2 Å². The molecule has 2 N–H and O–H groups in total. The van der Waals surface area contributed by atoms with E-state index in [1.807, 2.05) is 11.8 Å². The van der Waals surface area contributed by atoms with Gasteiger partial charge >= 0.3 is 0 Å². The second kappa shape index (κ2) is 7.50. The fourth-order valence-corrected chi connectivity index (χ4v) is 2.36. The molecule has 5 heteroatoms. The molecule has 19 heavy (non-hydrogen) atoms. The topological polar surface area (TPSA) is 29.3 Å². The molecule has 0 saturated heterocycles. The van der Waals surface area contributed by atoms with Crippen molar-refractivity contribution in [2.24, 2.45) is 5.73 Å². The van der Waals surface area contributed by atoms with Crippen molar-refractivity contribution in [3.05, 3.63) is 35.4 Å². The normalized spacial score (nSPS) is 12.7. The van der Waals surface area contributed by atoms with Gasteiger partial charge in [-0.1, -0.05) is 38.6 Å². The minimum Gasteiger partial charge on any atom is -0.392 e. The molecule has 1 atom stereocenters. The fraction of sp³-hybridized carbons (Fsp3) is 0.500. The summed E-state index contributed by atoms with van der Waals surface area (Å²) >= 11 is 5.06. The number of rotatable bonds is 7. The Labute approximate surface area is 118 Å². The highest BCUT2D eigenvalue weighted by Gasteiger charge is 2.24. The van der Waals surface area contributed by atoms with Gasteiger partial charge in [0.05, 0.1) is 11.0 Å². The Hall–Kier alpha value is -1.07. The summed E-state index contributed by atoms with van der Waals surface area (Å²) in [5.74, 6) is -1.20. The van der Waals surface area contributed by atoms with E-state index in [9.17, 15) is 8.78 Å². The van der Waals surface area contributed by atoms with Crippen molar-refractivity contribution in [1.29, 1.82) is 0 Å². The van der Waals surface area contributed by atoms with Crippen LogP contribution >= 0.6 is 12.2 Å². The molecule has 1 unspecified atom stereocenters. The van der Waals surface area contributed by atoms with E-state index >= 15 is 0 Å². The SMILES string of the molecule is CCCCN(CC)C(C(N)=S)c1ccc(F)cc1F. The number of nitrogens with zero attached hydrogens (tertiary/aromatic N) is 1. The number of hydrogen-bond acceptors (Lipinski definition) is 2. The third-order valence-corrected chi connectivity index (χ3v) is 3.32. The van der Waals surface area contributed by atoms with Gasteiger partial charge in [-0.3, -0.25) is 4.90 Å². The van der Waals surface area contributed by atoms with E-state index in [4.69, 9.17) is 18.0 Å². The Bertz CT molecular complexity index is 437. The Kier molecular flexibility index (Phi) is 6.31. The van der Waals surface area contributed by atoms with Gasteiger partial charge in [0.25, 0.3) is 0 Å². The molecule has 1 aromatic rings. The van der Waals surface area contributed by atoms with Gasteiger partial charge < -0.3 is 5.73 Å². The van der Waals surface area contributed by atoms with E-state index in [0.29, 0.717) is 12.1 Å². The van der Waals surface area contributed by atoms with Gasteiger partial charge in [-0.05, 0) is 25.6 Å². The van der Waals surface area contributed by atoms with E-state index in [-0.39, 0.29) is 4.99 Å². The molecule has 2 nitrogen and oxygen atoms in total. The minimum atomic E-state index is -0.604. The van der Waals surface area contributed by atoms with Crippen LogP contribution < -0.4 is 5.73 Å². The molecule has 0 aliphatic rings. The molecule has 0 saturated carbocycles. The van der Waals surface area contributed by atoms with Crippen LogP contribution in [0, 0.1) is 11.6 Å². The zero-order valence-electron chi connectivity index (χ0n) is 11.3. The maximum Gasteiger partial charge on any atom is 0.131 e. The second-order valence-electron chi connectivity index (χ2n) is 4.45. The van der Waals surface area contributed by atoms with Crippen molar-refractivity contribution in [3.8, 4) is 0 Å². The number of halogens is 2. The largest absolute Gasteiger partial charge is 0.392 e. The number of benzene rings is 1. The molecule has 0 fully saturated rings. The molecule has 106 valence electrons. The van der Waals surface area contributed by atoms with E-state index in [0.717, 1.165) is 25.5 Å². The van der Waals surface area contributed by atoms with Gasteiger partial charge in [0.1, 0.15) is 11.6 Å². The van der Waals surface area contributed by atoms with Crippen molar-refractivity contribution in [1.82, 2.24) is 4.90 Å². The first-order valence-corrected chi connectivity index (χ1v) is 6.90. The highest BCUT2D eigenvalue weighted by molar-refractivity contribution is 7.80. The molecule has 0 aliphatic carbocycles. The van der Waals surface area contributed by atoms with Crippen LogP contribution in [0.15, 0.2) is 18.2 Å². The molecule has 1 rings (SSSR count). The lowest BCUT2D eigenvalue weighted by atomic mass is 10.0. The van der Waals surface area contributed by atoms with Crippen molar-refractivity contribution in [2.75, 3.05) is 13.1 Å². The zero-order chi connectivity index (χ0) is 14.4. The summed E-state index contributed by atoms with van der Waals surface area (Å²) in [4.78, 5) is 2.23. The lowest BCUT2D eigenvalue weighted by molar-refractivity contribution is 0.249. The standard InChI is InChI=1S/C14H20F2N2S/c1-3-5-8-18(4-2)13(14(17)19)11-7-6-10(15)9-12(11)16/h6-7,9,13H,3-5,8H2,1-2H3,(H2,17,19). The highest BCUT2D eigenvalue weighted by atomic mass is 32.1. The first-order chi connectivity index (χ1) is 9.01. The summed E-state index contributed by atoms with van der Waals surface area (Å²) in [6, 6.07) is 3.04. The van der Waals surface area contributed by atoms with Crippen LogP contribution in [-0.4, -0.2) is 23.0 Å². The van der Waals surface area contributed by atoms with Crippen LogP contribution in [0.5, 0.6) is 0 Å². The molecule has 0 aromatic heterocycles. The van der Waals surface area contributed by atoms with Crippen molar-refractivity contribution in [2.45, 2.75) is 32.7 Å². The summed E-state index contributed by atoms with van der Waals surface area (Å²) < 4.78 is 26.9. The molecular formula is C14H20F2N2S. The van der Waals surface area contributed by atoms with Gasteiger partial charge in [0.15, 0.2) is 0 Å². The first-order valence-electron chi connectivity index (χ1n) is 6.49. The van der Waals surface area contributed by atoms with E-state index in [2.05, 4.69) is 6.92 Å². The third kappa shape index (κ3) is 4.21. The van der Waals surface area contributed by atoms with Crippen molar-refractivity contribution < 1.29 is 8.78 Å². The molecule has 0 spiro atoms. The van der Waals surface area contributed by atoms with E-state index < -0.39 is 17.7 Å². The van der Waals surface area contributed by atoms with Crippen LogP contribution in [0.25, 0.3) is 0 Å². The summed E-state index contributed by atoms with van der Waals surface area (Å²) in [7, 11) is 0. The second-order valence-corrected chi connectivity index (χ2v) is 4.92. The number of unbranched alkanes of at least 4 members (excludes halogenated alkanes) is 1. The quantitative estimate of drug-likeness (QED) is 0.779. The van der Waals surface area contributed by atoms with Crippen LogP contribution in [0.4, 0.5) is 8.78 Å². The lowest BCUT2D eigenvalue weighted by Crippen LogP contribution is -2.38. The summed E-state index contributed by atoms with van der Waals surface area (Å²) in [6.07, 6.45) is 2.02. The highest BCUT2D eigenvalue weighted by Crippen LogP contribution is 2.25. The zero-order valence-corrected chi connectivity index (χ0v) is 12.1. The molecular weight excluding hydrogens is 266 g/mol. The van der Waals surface area contributed by atoms with Gasteiger partial charge in [0, 0.05) is 11.6 Å². The maximum absolute atomic E-state index is 13.9. The van der Waals surface area contributed by atoms with E-state index in [1.54, 1.807) is 0 Å². The molecule has 0 bridgehead atoms. The Morgan fingerprint density at radius 3 is 2.53 bits per heavy atom. The fourth-order valence-electron chi connectivity index (χ4n) is 2.08. The van der Waals surface area contributed by atoms with Crippen LogP contribution in [0.2, 0.25) is 0 Å². The number of nitrogens with two attached hydrogens (primary N) is 1. The Morgan fingerprint density at radius 2 is 2.05 bits per heavy atom. The molecule has 0 amide bonds. The summed E-state index contributed by atoms with van der Waals surface area (Å²) in [5.41, 5.74) is 6.09. The monoisotopic (exact) mass is 286 g/mol. The lowest BCUT2D eigenvalue weighted by Gasteiger charge is -2.30. The Balaban J connectivity index is 3.07. The van der Waals surface area contributed by atoms with Gasteiger partial charge in [-0.25, -0.2) is 8.78 Å². The average molecular weight is 286 g/mol. The summed E-state index contributed by atoms with van der Waals surface area (Å²) in [6.45, 7) is 5.55. The Morgan fingerprint density at radius 1 is 1.37 bits per heavy atom. The molecule has 0 aliphatic heterocycles.